The minimum absolute atomic E-state index is 0.109. The monoisotopic (exact) mass is 237 g/mol. The van der Waals surface area contributed by atoms with Gasteiger partial charge in [0.05, 0.1) is 13.7 Å². The fourth-order valence-corrected chi connectivity index (χ4v) is 1.37. The molecule has 1 rings (SSSR count). The lowest BCUT2D eigenvalue weighted by Gasteiger charge is -2.19. The van der Waals surface area contributed by atoms with Crippen molar-refractivity contribution in [2.24, 2.45) is 5.92 Å². The van der Waals surface area contributed by atoms with E-state index in [1.807, 2.05) is 44.2 Å². The van der Waals surface area contributed by atoms with Crippen LogP contribution in [0.2, 0.25) is 0 Å². The Labute approximate surface area is 102 Å². The van der Waals surface area contributed by atoms with E-state index in [-0.39, 0.29) is 11.9 Å². The van der Waals surface area contributed by atoms with E-state index in [1.54, 1.807) is 0 Å². The van der Waals surface area contributed by atoms with Crippen LogP contribution in [-0.2, 0) is 21.0 Å². The third kappa shape index (κ3) is 4.54. The molecular formula is C13H19NO3. The van der Waals surface area contributed by atoms with Gasteiger partial charge in [0.25, 0.3) is 0 Å². The maximum absolute atomic E-state index is 11.4. The van der Waals surface area contributed by atoms with Crippen molar-refractivity contribution in [1.29, 1.82) is 0 Å². The normalized spacial score (nSPS) is 12.5. The van der Waals surface area contributed by atoms with E-state index in [4.69, 9.17) is 9.57 Å². The molecule has 0 aliphatic heterocycles. The summed E-state index contributed by atoms with van der Waals surface area (Å²) >= 11 is 0. The minimum Gasteiger partial charge on any atom is -0.468 e. The summed E-state index contributed by atoms with van der Waals surface area (Å²) in [6.07, 6.45) is 0. The zero-order valence-corrected chi connectivity index (χ0v) is 10.5. The molecule has 17 heavy (non-hydrogen) atoms. The first-order valence-corrected chi connectivity index (χ1v) is 5.64. The predicted octanol–water partition coefficient (Wildman–Crippen LogP) is 1.91. The molecule has 0 amide bonds. The lowest BCUT2D eigenvalue weighted by atomic mass is 10.1. The molecule has 1 unspecified atom stereocenters. The SMILES string of the molecule is COC(=O)C(NOCc1ccccc1)C(C)C. The van der Waals surface area contributed by atoms with Crippen LogP contribution in [0, 0.1) is 5.92 Å². The van der Waals surface area contributed by atoms with Crippen molar-refractivity contribution in [3.05, 3.63) is 35.9 Å². The molecule has 1 atom stereocenters. The Kier molecular flexibility index (Phi) is 5.66. The molecule has 0 aromatic heterocycles. The maximum atomic E-state index is 11.4. The van der Waals surface area contributed by atoms with Gasteiger partial charge in [-0.1, -0.05) is 44.2 Å². The van der Waals surface area contributed by atoms with Gasteiger partial charge in [-0.05, 0) is 11.5 Å². The van der Waals surface area contributed by atoms with Gasteiger partial charge in [-0.3, -0.25) is 9.63 Å². The topological polar surface area (TPSA) is 47.6 Å². The average molecular weight is 237 g/mol. The van der Waals surface area contributed by atoms with Crippen LogP contribution in [0.3, 0.4) is 0 Å². The van der Waals surface area contributed by atoms with Crippen molar-refractivity contribution in [1.82, 2.24) is 5.48 Å². The first-order chi connectivity index (χ1) is 8.15. The molecule has 1 aromatic carbocycles. The fourth-order valence-electron chi connectivity index (χ4n) is 1.37. The van der Waals surface area contributed by atoms with Crippen LogP contribution >= 0.6 is 0 Å². The highest BCUT2D eigenvalue weighted by molar-refractivity contribution is 5.75. The Morgan fingerprint density at radius 1 is 1.29 bits per heavy atom. The van der Waals surface area contributed by atoms with Gasteiger partial charge < -0.3 is 4.74 Å². The molecule has 4 nitrogen and oxygen atoms in total. The van der Waals surface area contributed by atoms with Crippen molar-refractivity contribution in [2.75, 3.05) is 7.11 Å². The number of nitrogens with one attached hydrogen (secondary N) is 1. The van der Waals surface area contributed by atoms with E-state index in [2.05, 4.69) is 5.48 Å². The summed E-state index contributed by atoms with van der Waals surface area (Å²) in [4.78, 5) is 16.7. The number of ether oxygens (including phenoxy) is 1. The van der Waals surface area contributed by atoms with E-state index in [9.17, 15) is 4.79 Å². The average Bonchev–Trinajstić information content (AvgIpc) is 2.34. The molecule has 0 radical (unpaired) electrons. The van der Waals surface area contributed by atoms with Crippen LogP contribution in [0.5, 0.6) is 0 Å². The Balaban J connectivity index is 2.40. The molecule has 0 bridgehead atoms. The first kappa shape index (κ1) is 13.7. The molecular weight excluding hydrogens is 218 g/mol. The highest BCUT2D eigenvalue weighted by Crippen LogP contribution is 2.05. The Hall–Kier alpha value is -1.39. The van der Waals surface area contributed by atoms with E-state index >= 15 is 0 Å². The Bertz CT molecular complexity index is 338. The van der Waals surface area contributed by atoms with Gasteiger partial charge >= 0.3 is 5.97 Å². The van der Waals surface area contributed by atoms with Gasteiger partial charge in [0.1, 0.15) is 6.04 Å². The molecule has 4 heteroatoms. The number of carbonyl (C=O) groups excluding carboxylic acids is 1. The van der Waals surface area contributed by atoms with Crippen molar-refractivity contribution < 1.29 is 14.4 Å². The number of hydrogen-bond donors (Lipinski definition) is 1. The van der Waals surface area contributed by atoms with Gasteiger partial charge in [-0.15, -0.1) is 0 Å². The Morgan fingerprint density at radius 3 is 2.47 bits per heavy atom. The van der Waals surface area contributed by atoms with Crippen LogP contribution in [-0.4, -0.2) is 19.1 Å². The number of benzene rings is 1. The number of hydrogen-bond acceptors (Lipinski definition) is 4. The minimum atomic E-state index is -0.441. The van der Waals surface area contributed by atoms with Crippen LogP contribution in [0.15, 0.2) is 30.3 Å². The van der Waals surface area contributed by atoms with Gasteiger partial charge in [0.2, 0.25) is 0 Å². The zero-order chi connectivity index (χ0) is 12.7. The number of carbonyl (C=O) groups is 1. The quantitative estimate of drug-likeness (QED) is 0.606. The summed E-state index contributed by atoms with van der Waals surface area (Å²) in [5, 5.41) is 0. The summed E-state index contributed by atoms with van der Waals surface area (Å²) in [7, 11) is 1.37. The van der Waals surface area contributed by atoms with Crippen molar-refractivity contribution >= 4 is 5.97 Å². The van der Waals surface area contributed by atoms with Gasteiger partial charge in [-0.25, -0.2) is 0 Å². The predicted molar refractivity (Wildman–Crippen MR) is 65.0 cm³/mol. The third-order valence-electron chi connectivity index (χ3n) is 2.41. The molecule has 94 valence electrons. The number of esters is 1. The number of methoxy groups -OCH3 is 1. The van der Waals surface area contributed by atoms with Gasteiger partial charge in [0.15, 0.2) is 0 Å². The molecule has 0 saturated heterocycles. The highest BCUT2D eigenvalue weighted by atomic mass is 16.6. The van der Waals surface area contributed by atoms with Gasteiger partial charge in [-0.2, -0.15) is 5.48 Å². The van der Waals surface area contributed by atoms with Crippen molar-refractivity contribution in [2.45, 2.75) is 26.5 Å². The molecule has 0 saturated carbocycles. The van der Waals surface area contributed by atoms with Crippen molar-refractivity contribution in [3.63, 3.8) is 0 Å². The summed E-state index contributed by atoms with van der Waals surface area (Å²) in [5.41, 5.74) is 3.79. The van der Waals surface area contributed by atoms with Crippen LogP contribution < -0.4 is 5.48 Å². The fraction of sp³-hybridized carbons (Fsp3) is 0.462. The molecule has 1 aromatic rings. The lowest BCUT2D eigenvalue weighted by molar-refractivity contribution is -0.150. The maximum Gasteiger partial charge on any atom is 0.325 e. The summed E-state index contributed by atoms with van der Waals surface area (Å²) < 4.78 is 4.69. The molecule has 0 aliphatic rings. The lowest BCUT2D eigenvalue weighted by Crippen LogP contribution is -2.41. The third-order valence-corrected chi connectivity index (χ3v) is 2.41. The van der Waals surface area contributed by atoms with E-state index in [0.717, 1.165) is 5.56 Å². The Morgan fingerprint density at radius 2 is 1.94 bits per heavy atom. The van der Waals surface area contributed by atoms with E-state index < -0.39 is 6.04 Å². The smallest absolute Gasteiger partial charge is 0.325 e. The van der Waals surface area contributed by atoms with Crippen LogP contribution in [0.25, 0.3) is 0 Å². The summed E-state index contributed by atoms with van der Waals surface area (Å²) in [6, 6.07) is 9.32. The van der Waals surface area contributed by atoms with Crippen LogP contribution in [0.1, 0.15) is 19.4 Å². The van der Waals surface area contributed by atoms with Gasteiger partial charge in [0, 0.05) is 0 Å². The molecule has 0 aliphatic carbocycles. The molecule has 0 heterocycles. The second-order valence-electron chi connectivity index (χ2n) is 4.14. The number of hydroxylamine groups is 1. The number of rotatable bonds is 6. The van der Waals surface area contributed by atoms with E-state index in [1.165, 1.54) is 7.11 Å². The molecule has 0 fully saturated rings. The largest absolute Gasteiger partial charge is 0.468 e. The van der Waals surface area contributed by atoms with Crippen molar-refractivity contribution in [3.8, 4) is 0 Å². The first-order valence-electron chi connectivity index (χ1n) is 5.64. The zero-order valence-electron chi connectivity index (χ0n) is 10.5. The standard InChI is InChI=1S/C13H19NO3/c1-10(2)12(13(15)16-3)14-17-9-11-7-5-4-6-8-11/h4-8,10,12,14H,9H2,1-3H3. The van der Waals surface area contributed by atoms with Crippen LogP contribution in [0.4, 0.5) is 0 Å². The molecule has 0 spiro atoms. The summed E-state index contributed by atoms with van der Waals surface area (Å²) in [6.45, 7) is 4.28. The van der Waals surface area contributed by atoms with E-state index in [0.29, 0.717) is 6.61 Å². The second kappa shape index (κ2) is 7.04. The summed E-state index contributed by atoms with van der Waals surface area (Å²) in [5.74, 6) is -0.203. The second-order valence-corrected chi connectivity index (χ2v) is 4.14. The highest BCUT2D eigenvalue weighted by Gasteiger charge is 2.22. The molecule has 1 N–H and O–H groups in total.